The zero-order valence-electron chi connectivity index (χ0n) is 18.0. The third-order valence-electron chi connectivity index (χ3n) is 4.74. The van der Waals surface area contributed by atoms with Crippen molar-refractivity contribution in [3.63, 3.8) is 0 Å². The zero-order valence-corrected chi connectivity index (χ0v) is 18.0. The maximum Gasteiger partial charge on any atom is 0.331 e. The topological polar surface area (TPSA) is 83.1 Å². The lowest BCUT2D eigenvalue weighted by Gasteiger charge is -2.10. The van der Waals surface area contributed by atoms with E-state index in [4.69, 9.17) is 18.9 Å². The van der Waals surface area contributed by atoms with Gasteiger partial charge in [0.15, 0.2) is 6.61 Å². The second kappa shape index (κ2) is 10.5. The molecule has 7 nitrogen and oxygen atoms in total. The van der Waals surface area contributed by atoms with Crippen molar-refractivity contribution in [2.75, 3.05) is 20.3 Å². The van der Waals surface area contributed by atoms with Crippen LogP contribution in [0.1, 0.15) is 30.5 Å². The first-order valence-corrected chi connectivity index (χ1v) is 10.2. The van der Waals surface area contributed by atoms with E-state index in [9.17, 15) is 9.59 Å². The summed E-state index contributed by atoms with van der Waals surface area (Å²) in [6.45, 7) is 4.32. The van der Waals surface area contributed by atoms with E-state index in [0.29, 0.717) is 23.7 Å². The van der Waals surface area contributed by atoms with Gasteiger partial charge in [-0.1, -0.05) is 18.2 Å². The standard InChI is InChI=1S/C24H27NO6/c1-4-29-21-13-19-11-16(2)31-22(19)12-17(21)9-10-24(27)30-15-23(26)25-14-18-7-5-6-8-20(18)28-3/h5-10,12-13,16H,4,11,14-15H2,1-3H3,(H,25,26)/b10-9+/t16-/m1/s1. The van der Waals surface area contributed by atoms with Crippen molar-refractivity contribution in [3.8, 4) is 17.2 Å². The summed E-state index contributed by atoms with van der Waals surface area (Å²) < 4.78 is 21.8. The van der Waals surface area contributed by atoms with Crippen LogP contribution in [-0.4, -0.2) is 38.3 Å². The molecule has 3 rings (SSSR count). The molecule has 0 saturated heterocycles. The lowest BCUT2D eigenvalue weighted by Crippen LogP contribution is -2.28. The molecule has 31 heavy (non-hydrogen) atoms. The summed E-state index contributed by atoms with van der Waals surface area (Å²) >= 11 is 0. The summed E-state index contributed by atoms with van der Waals surface area (Å²) in [6, 6.07) is 11.2. The van der Waals surface area contributed by atoms with Crippen molar-refractivity contribution in [3.05, 3.63) is 59.2 Å². The molecule has 0 radical (unpaired) electrons. The van der Waals surface area contributed by atoms with Crippen LogP contribution < -0.4 is 19.5 Å². The number of para-hydroxylation sites is 1. The molecule has 2 aromatic rings. The third-order valence-corrected chi connectivity index (χ3v) is 4.74. The molecule has 1 aliphatic rings. The molecule has 1 amide bonds. The molecule has 0 saturated carbocycles. The Morgan fingerprint density at radius 3 is 2.81 bits per heavy atom. The van der Waals surface area contributed by atoms with E-state index in [0.717, 1.165) is 23.3 Å². The van der Waals surface area contributed by atoms with Gasteiger partial charge in [0.25, 0.3) is 5.91 Å². The average molecular weight is 425 g/mol. The predicted octanol–water partition coefficient (Wildman–Crippen LogP) is 3.29. The summed E-state index contributed by atoms with van der Waals surface area (Å²) in [5, 5.41) is 2.70. The predicted molar refractivity (Wildman–Crippen MR) is 116 cm³/mol. The van der Waals surface area contributed by atoms with Gasteiger partial charge in [-0.3, -0.25) is 4.79 Å². The van der Waals surface area contributed by atoms with E-state index in [1.54, 1.807) is 13.2 Å². The van der Waals surface area contributed by atoms with E-state index < -0.39 is 11.9 Å². The van der Waals surface area contributed by atoms with Crippen molar-refractivity contribution in [2.24, 2.45) is 0 Å². The van der Waals surface area contributed by atoms with E-state index in [1.165, 1.54) is 6.08 Å². The quantitative estimate of drug-likeness (QED) is 0.490. The van der Waals surface area contributed by atoms with Crippen molar-refractivity contribution < 1.29 is 28.5 Å². The van der Waals surface area contributed by atoms with Crippen LogP contribution in [0.25, 0.3) is 6.08 Å². The molecule has 1 heterocycles. The second-order valence-corrected chi connectivity index (χ2v) is 7.09. The Kier molecular flexibility index (Phi) is 7.54. The Hall–Kier alpha value is -3.48. The number of carbonyl (C=O) groups is 2. The average Bonchev–Trinajstić information content (AvgIpc) is 3.13. The third kappa shape index (κ3) is 6.01. The summed E-state index contributed by atoms with van der Waals surface area (Å²) in [5.74, 6) is 1.13. The minimum absolute atomic E-state index is 0.114. The Morgan fingerprint density at radius 1 is 1.23 bits per heavy atom. The fourth-order valence-corrected chi connectivity index (χ4v) is 3.30. The summed E-state index contributed by atoms with van der Waals surface area (Å²) in [4.78, 5) is 24.1. The van der Waals surface area contributed by atoms with Crippen LogP contribution in [0.2, 0.25) is 0 Å². The Labute approximate surface area is 181 Å². The maximum absolute atomic E-state index is 12.1. The lowest BCUT2D eigenvalue weighted by atomic mass is 10.1. The molecule has 7 heteroatoms. The second-order valence-electron chi connectivity index (χ2n) is 7.09. The Bertz CT molecular complexity index is 969. The lowest BCUT2D eigenvalue weighted by molar-refractivity contribution is -0.143. The van der Waals surface area contributed by atoms with Gasteiger partial charge in [0, 0.05) is 35.7 Å². The highest BCUT2D eigenvalue weighted by atomic mass is 16.5. The molecule has 0 bridgehead atoms. The van der Waals surface area contributed by atoms with Crippen LogP contribution in [0.15, 0.2) is 42.5 Å². The minimum Gasteiger partial charge on any atom is -0.496 e. The van der Waals surface area contributed by atoms with Crippen molar-refractivity contribution in [1.29, 1.82) is 0 Å². The number of nitrogens with one attached hydrogen (secondary N) is 1. The SMILES string of the molecule is CCOc1cc2c(cc1/C=C/C(=O)OCC(=O)NCc1ccccc1OC)O[C@H](C)C2. The van der Waals surface area contributed by atoms with Gasteiger partial charge in [-0.25, -0.2) is 4.79 Å². The molecule has 0 fully saturated rings. The normalized spacial score (nSPS) is 14.6. The molecule has 0 spiro atoms. The fourth-order valence-electron chi connectivity index (χ4n) is 3.30. The summed E-state index contributed by atoms with van der Waals surface area (Å²) in [7, 11) is 1.57. The molecule has 0 unspecified atom stereocenters. The van der Waals surface area contributed by atoms with Gasteiger partial charge in [-0.2, -0.15) is 0 Å². The summed E-state index contributed by atoms with van der Waals surface area (Å²) in [6.07, 6.45) is 3.82. The van der Waals surface area contributed by atoms with Crippen LogP contribution in [0.4, 0.5) is 0 Å². The molecule has 2 aromatic carbocycles. The molecule has 0 aromatic heterocycles. The molecule has 0 aliphatic carbocycles. The molecule has 1 atom stereocenters. The number of hydrogen-bond acceptors (Lipinski definition) is 6. The van der Waals surface area contributed by atoms with Crippen LogP contribution in [0, 0.1) is 0 Å². The van der Waals surface area contributed by atoms with Gasteiger partial charge in [-0.15, -0.1) is 0 Å². The highest BCUT2D eigenvalue weighted by molar-refractivity contribution is 5.89. The Balaban J connectivity index is 1.53. The number of fused-ring (bicyclic) bond motifs is 1. The van der Waals surface area contributed by atoms with Gasteiger partial charge in [0.1, 0.15) is 23.4 Å². The number of rotatable bonds is 9. The molecular formula is C24H27NO6. The van der Waals surface area contributed by atoms with Crippen LogP contribution in [-0.2, 0) is 27.3 Å². The number of methoxy groups -OCH3 is 1. The van der Waals surface area contributed by atoms with Gasteiger partial charge in [0.2, 0.25) is 0 Å². The highest BCUT2D eigenvalue weighted by Gasteiger charge is 2.21. The van der Waals surface area contributed by atoms with Gasteiger partial charge >= 0.3 is 5.97 Å². The molecule has 1 aliphatic heterocycles. The zero-order chi connectivity index (χ0) is 22.2. The molecular weight excluding hydrogens is 398 g/mol. The first-order valence-electron chi connectivity index (χ1n) is 10.2. The van der Waals surface area contributed by atoms with E-state index in [2.05, 4.69) is 5.32 Å². The van der Waals surface area contributed by atoms with Gasteiger partial charge in [0.05, 0.1) is 13.7 Å². The minimum atomic E-state index is -0.621. The number of hydrogen-bond donors (Lipinski definition) is 1. The highest BCUT2D eigenvalue weighted by Crippen LogP contribution is 2.35. The van der Waals surface area contributed by atoms with E-state index in [1.807, 2.05) is 50.2 Å². The van der Waals surface area contributed by atoms with E-state index in [-0.39, 0.29) is 19.3 Å². The summed E-state index contributed by atoms with van der Waals surface area (Å²) in [5.41, 5.74) is 2.64. The van der Waals surface area contributed by atoms with Crippen molar-refractivity contribution >= 4 is 18.0 Å². The van der Waals surface area contributed by atoms with Crippen LogP contribution >= 0.6 is 0 Å². The fraction of sp³-hybridized carbons (Fsp3) is 0.333. The first kappa shape index (κ1) is 22.2. The van der Waals surface area contributed by atoms with Crippen LogP contribution in [0.3, 0.4) is 0 Å². The maximum atomic E-state index is 12.1. The smallest absolute Gasteiger partial charge is 0.331 e. The number of carbonyl (C=O) groups excluding carboxylic acids is 2. The number of esters is 1. The van der Waals surface area contributed by atoms with Gasteiger partial charge in [-0.05, 0) is 38.1 Å². The van der Waals surface area contributed by atoms with Crippen molar-refractivity contribution in [1.82, 2.24) is 5.32 Å². The van der Waals surface area contributed by atoms with Gasteiger partial charge < -0.3 is 24.3 Å². The van der Waals surface area contributed by atoms with Crippen molar-refractivity contribution in [2.45, 2.75) is 32.9 Å². The Morgan fingerprint density at radius 2 is 2.03 bits per heavy atom. The molecule has 1 N–H and O–H groups in total. The number of ether oxygens (including phenoxy) is 4. The largest absolute Gasteiger partial charge is 0.496 e. The van der Waals surface area contributed by atoms with E-state index >= 15 is 0 Å². The van der Waals surface area contributed by atoms with Crippen LogP contribution in [0.5, 0.6) is 17.2 Å². The first-order chi connectivity index (χ1) is 15.0. The number of amides is 1. The number of benzene rings is 2. The monoisotopic (exact) mass is 425 g/mol. The molecule has 164 valence electrons.